The van der Waals surface area contributed by atoms with E-state index >= 15 is 0 Å². The zero-order valence-corrected chi connectivity index (χ0v) is 49.1. The van der Waals surface area contributed by atoms with Crippen molar-refractivity contribution in [3.8, 4) is 56.4 Å². The number of hydrogen-bond donors (Lipinski definition) is 2. The SMILES string of the molecule is CCCCC(C)(C)c1nnc(-c2[c-]cc(C)c(-c3ccccc3)c2)n1-c1ccc(C)cc1C.CCCCC(C)(C)c1nnc(-c2ccc(C)c(-c3ccccc3)c2)n1-c1ccc(C)cc1C.OB(O)c1ccccc1.[Ir]. The molecule has 0 fully saturated rings. The van der Waals surface area contributed by atoms with Gasteiger partial charge in [0.15, 0.2) is 5.82 Å². The van der Waals surface area contributed by atoms with Crippen molar-refractivity contribution in [2.75, 3.05) is 0 Å². The largest absolute Gasteiger partial charge is 0.488 e. The average Bonchev–Trinajstić information content (AvgIpc) is 4.06. The summed E-state index contributed by atoms with van der Waals surface area (Å²) in [6, 6.07) is 57.4. The van der Waals surface area contributed by atoms with Crippen LogP contribution in [-0.2, 0) is 30.9 Å². The van der Waals surface area contributed by atoms with Gasteiger partial charge in [-0.2, -0.15) is 5.10 Å². The third-order valence-corrected chi connectivity index (χ3v) is 14.2. The topological polar surface area (TPSA) is 102 Å². The molecule has 9 aromatic rings. The molecule has 7 aromatic carbocycles. The number of unbranched alkanes of at least 4 members (excludes halogenated alkanes) is 2. The molecule has 2 heterocycles. The Morgan fingerprint density at radius 1 is 0.474 bits per heavy atom. The first-order chi connectivity index (χ1) is 35.9. The van der Waals surface area contributed by atoms with Crippen molar-refractivity contribution in [1.82, 2.24) is 29.5 Å². The molecule has 0 bridgehead atoms. The Morgan fingerprint density at radius 3 is 1.37 bits per heavy atom. The second kappa shape index (κ2) is 26.5. The van der Waals surface area contributed by atoms with Gasteiger partial charge in [0.05, 0.1) is 11.5 Å². The average molecular weight is 1190 g/mol. The smallest absolute Gasteiger partial charge is 0.423 e. The van der Waals surface area contributed by atoms with E-state index in [2.05, 4.69) is 226 Å². The molecule has 0 saturated carbocycles. The molecule has 1 radical (unpaired) electrons. The quantitative estimate of drug-likeness (QED) is 0.0783. The molecular weight excluding hydrogens is 1110 g/mol. The molecule has 2 N–H and O–H groups in total. The predicted molar refractivity (Wildman–Crippen MR) is 313 cm³/mol. The number of nitrogens with zero attached hydrogens (tertiary/aromatic N) is 6. The van der Waals surface area contributed by atoms with Gasteiger partial charge in [-0.15, -0.1) is 44.6 Å². The van der Waals surface area contributed by atoms with Crippen molar-refractivity contribution < 1.29 is 30.2 Å². The van der Waals surface area contributed by atoms with E-state index in [0.717, 1.165) is 65.1 Å². The molecule has 10 heteroatoms. The zero-order valence-electron chi connectivity index (χ0n) is 46.7. The molecule has 8 nitrogen and oxygen atoms in total. The van der Waals surface area contributed by atoms with Crippen LogP contribution in [0.2, 0.25) is 0 Å². The summed E-state index contributed by atoms with van der Waals surface area (Å²) in [5.41, 5.74) is 17.0. The van der Waals surface area contributed by atoms with Crippen molar-refractivity contribution in [3.63, 3.8) is 0 Å². The van der Waals surface area contributed by atoms with Crippen LogP contribution in [0.5, 0.6) is 0 Å². The van der Waals surface area contributed by atoms with Crippen molar-refractivity contribution in [2.24, 2.45) is 0 Å². The van der Waals surface area contributed by atoms with Crippen molar-refractivity contribution in [2.45, 2.75) is 132 Å². The van der Waals surface area contributed by atoms with Crippen molar-refractivity contribution in [3.05, 3.63) is 209 Å². The first kappa shape index (κ1) is 58.7. The van der Waals surface area contributed by atoms with Crippen LogP contribution in [0, 0.1) is 47.6 Å². The molecule has 0 spiro atoms. The van der Waals surface area contributed by atoms with E-state index in [-0.39, 0.29) is 30.9 Å². The van der Waals surface area contributed by atoms with Crippen LogP contribution < -0.4 is 5.46 Å². The Balaban J connectivity index is 0.000000209. The van der Waals surface area contributed by atoms with E-state index in [1.807, 2.05) is 6.07 Å². The second-order valence-corrected chi connectivity index (χ2v) is 21.4. The van der Waals surface area contributed by atoms with Crippen LogP contribution in [0.4, 0.5) is 0 Å². The summed E-state index contributed by atoms with van der Waals surface area (Å²) < 4.78 is 4.56. The van der Waals surface area contributed by atoms with Crippen LogP contribution in [0.25, 0.3) is 56.4 Å². The monoisotopic (exact) mass is 1190 g/mol. The first-order valence-electron chi connectivity index (χ1n) is 26.7. The van der Waals surface area contributed by atoms with Gasteiger partial charge >= 0.3 is 7.12 Å². The first-order valence-corrected chi connectivity index (χ1v) is 26.7. The van der Waals surface area contributed by atoms with E-state index in [4.69, 9.17) is 30.4 Å². The third-order valence-electron chi connectivity index (χ3n) is 14.2. The minimum atomic E-state index is -1.34. The maximum Gasteiger partial charge on any atom is 0.488 e. The summed E-state index contributed by atoms with van der Waals surface area (Å²) in [6.07, 6.45) is 6.82. The Morgan fingerprint density at radius 2 is 0.921 bits per heavy atom. The zero-order chi connectivity index (χ0) is 53.9. The van der Waals surface area contributed by atoms with Gasteiger partial charge in [-0.25, -0.2) is 0 Å². The molecule has 76 heavy (non-hydrogen) atoms. The molecule has 0 atom stereocenters. The van der Waals surface area contributed by atoms with Crippen molar-refractivity contribution in [1.29, 1.82) is 0 Å². The molecule has 395 valence electrons. The van der Waals surface area contributed by atoms with E-state index in [9.17, 15) is 0 Å². The standard InChI is InChI=1S/C30H35N3.C30H34N3.C6H7BO2.Ir/c2*1-7-8-18-30(5,6)29-32-31-28(33(29)27-17-14-21(2)19-23(27)4)25-16-15-22(3)26(20-25)24-12-10-9-11-13-24;8-7(9)6-4-2-1-3-5-6;/h9-17,19-20H,7-8,18H2,1-6H3;9-15,17,19-20H,7-8,18H2,1-6H3;1-5,8-9H;/q;-1;;. The summed E-state index contributed by atoms with van der Waals surface area (Å²) in [6.45, 7) is 26.6. The maximum atomic E-state index is 8.58. The Hall–Kier alpha value is -6.55. The Bertz CT molecular complexity index is 3090. The fourth-order valence-corrected chi connectivity index (χ4v) is 9.77. The Labute approximate surface area is 467 Å². The van der Waals surface area contributed by atoms with Gasteiger partial charge in [-0.1, -0.05) is 218 Å². The molecule has 0 aliphatic heterocycles. The molecule has 0 aliphatic rings. The summed E-state index contributed by atoms with van der Waals surface area (Å²) in [4.78, 5) is 0. The van der Waals surface area contributed by atoms with Gasteiger partial charge in [-0.05, 0) is 105 Å². The molecule has 0 amide bonds. The van der Waals surface area contributed by atoms with Crippen LogP contribution in [-0.4, -0.2) is 46.7 Å². The number of benzene rings is 7. The minimum Gasteiger partial charge on any atom is -0.423 e. The van der Waals surface area contributed by atoms with Crippen LogP contribution in [0.3, 0.4) is 0 Å². The van der Waals surface area contributed by atoms with E-state index in [0.29, 0.717) is 5.46 Å². The van der Waals surface area contributed by atoms with Gasteiger partial charge < -0.3 is 14.6 Å². The van der Waals surface area contributed by atoms with Gasteiger partial charge in [0.2, 0.25) is 0 Å². The third kappa shape index (κ3) is 14.1. The number of aryl methyl sites for hydroxylation is 6. The van der Waals surface area contributed by atoms with Gasteiger partial charge in [0, 0.05) is 42.2 Å². The van der Waals surface area contributed by atoms with Crippen molar-refractivity contribution >= 4 is 12.6 Å². The number of hydrogen-bond acceptors (Lipinski definition) is 6. The van der Waals surface area contributed by atoms with Gasteiger partial charge in [-0.3, -0.25) is 4.57 Å². The minimum absolute atomic E-state index is 0. The molecule has 0 aliphatic carbocycles. The van der Waals surface area contributed by atoms with Crippen LogP contribution >= 0.6 is 0 Å². The van der Waals surface area contributed by atoms with Gasteiger partial charge in [0.1, 0.15) is 11.6 Å². The van der Waals surface area contributed by atoms with Crippen LogP contribution in [0.1, 0.15) is 125 Å². The van der Waals surface area contributed by atoms with Gasteiger partial charge in [0.25, 0.3) is 0 Å². The fourth-order valence-electron chi connectivity index (χ4n) is 9.77. The molecule has 0 saturated heterocycles. The van der Waals surface area contributed by atoms with Crippen LogP contribution in [0.15, 0.2) is 158 Å². The number of aromatic nitrogens is 6. The molecule has 2 aromatic heterocycles. The Kier molecular flexibility index (Phi) is 20.5. The summed E-state index contributed by atoms with van der Waals surface area (Å²) in [7, 11) is -1.34. The molecular formula is C66H76BIrN6O2-. The van der Waals surface area contributed by atoms with E-state index in [1.54, 1.807) is 24.3 Å². The summed E-state index contributed by atoms with van der Waals surface area (Å²) in [5, 5.41) is 36.3. The molecule has 0 unspecified atom stereocenters. The molecule has 9 rings (SSSR count). The van der Waals surface area contributed by atoms with E-state index in [1.165, 1.54) is 74.9 Å². The normalized spacial score (nSPS) is 11.2. The predicted octanol–water partition coefficient (Wildman–Crippen LogP) is 15.2. The fraction of sp³-hybridized carbons (Fsp3) is 0.303. The number of rotatable bonds is 15. The summed E-state index contributed by atoms with van der Waals surface area (Å²) >= 11 is 0. The second-order valence-electron chi connectivity index (χ2n) is 21.4. The summed E-state index contributed by atoms with van der Waals surface area (Å²) in [5.74, 6) is 3.78. The maximum absolute atomic E-state index is 8.58. The van der Waals surface area contributed by atoms with E-state index < -0.39 is 7.12 Å².